The van der Waals surface area contributed by atoms with Crippen LogP contribution in [-0.2, 0) is 27.3 Å². The Bertz CT molecular complexity index is 1250. The molecule has 35 heavy (non-hydrogen) atoms. The fourth-order valence-electron chi connectivity index (χ4n) is 3.83. The Balaban J connectivity index is 1.47. The zero-order chi connectivity index (χ0) is 25.1. The first kappa shape index (κ1) is 25.0. The number of carbonyl (C=O) groups excluding carboxylic acids is 3. The minimum Gasteiger partial charge on any atom is -0.493 e. The summed E-state index contributed by atoms with van der Waals surface area (Å²) in [7, 11) is 1.42. The molecule has 1 fully saturated rings. The number of amides is 3. The van der Waals surface area contributed by atoms with Crippen molar-refractivity contribution in [2.45, 2.75) is 13.0 Å². The fraction of sp³-hybridized carbons (Fsp3) is 0.250. The van der Waals surface area contributed by atoms with Gasteiger partial charge in [0, 0.05) is 13.1 Å². The van der Waals surface area contributed by atoms with Crippen LogP contribution in [0.15, 0.2) is 41.3 Å². The molecule has 0 unspecified atom stereocenters. The number of aliphatic carboxylic acids is 1. The lowest BCUT2D eigenvalue weighted by Crippen LogP contribution is -2.44. The topological polar surface area (TPSA) is 113 Å². The summed E-state index contributed by atoms with van der Waals surface area (Å²) < 4.78 is 11.2. The first-order valence-corrected chi connectivity index (χ1v) is 12.5. The summed E-state index contributed by atoms with van der Waals surface area (Å²) in [5, 5.41) is 8.36. The summed E-state index contributed by atoms with van der Waals surface area (Å²) in [6.07, 6.45) is 2.27. The normalized spacial score (nSPS) is 16.5. The molecule has 2 aliphatic rings. The molecule has 2 aliphatic heterocycles. The number of fused-ring (bicyclic) bond motifs is 1. The molecule has 2 heterocycles. The predicted molar refractivity (Wildman–Crippen MR) is 137 cm³/mol. The van der Waals surface area contributed by atoms with Crippen molar-refractivity contribution in [2.75, 3.05) is 26.8 Å². The van der Waals surface area contributed by atoms with Crippen LogP contribution in [0.3, 0.4) is 0 Å². The second kappa shape index (κ2) is 10.7. The highest BCUT2D eigenvalue weighted by molar-refractivity contribution is 14.1. The van der Waals surface area contributed by atoms with E-state index in [1.165, 1.54) is 18.7 Å². The molecule has 0 radical (unpaired) electrons. The van der Waals surface area contributed by atoms with E-state index in [2.05, 4.69) is 0 Å². The average Bonchev–Trinajstić information content (AvgIpc) is 3.09. The molecule has 0 bridgehead atoms. The molecule has 1 N–H and O–H groups in total. The van der Waals surface area contributed by atoms with Crippen LogP contribution in [0, 0.1) is 3.57 Å². The lowest BCUT2D eigenvalue weighted by molar-refractivity contribution is -0.139. The summed E-state index contributed by atoms with van der Waals surface area (Å²) in [4.78, 5) is 52.0. The third kappa shape index (κ3) is 5.61. The highest BCUT2D eigenvalue weighted by Gasteiger charge is 2.37. The third-order valence-corrected chi connectivity index (χ3v) is 7.25. The van der Waals surface area contributed by atoms with Gasteiger partial charge in [0.25, 0.3) is 11.1 Å². The standard InChI is InChI=1S/C24H21IN2O7S/c1-33-18-9-14(8-17(25)22(18)34-13-21(29)30)10-19-23(31)27(24(32)35-19)12-20(28)26-7-6-15-4-2-3-5-16(15)11-26/h2-5,8-10H,6-7,11-13H2,1H3,(H,29,30)/b19-10-. The lowest BCUT2D eigenvalue weighted by atomic mass is 10.00. The van der Waals surface area contributed by atoms with Crippen LogP contribution < -0.4 is 9.47 Å². The van der Waals surface area contributed by atoms with Crippen LogP contribution in [0.25, 0.3) is 6.08 Å². The van der Waals surface area contributed by atoms with Crippen LogP contribution >= 0.6 is 34.4 Å². The molecule has 4 rings (SSSR count). The molecule has 0 saturated carbocycles. The Morgan fingerprint density at radius 1 is 1.20 bits per heavy atom. The molecular formula is C24H21IN2O7S. The highest BCUT2D eigenvalue weighted by Crippen LogP contribution is 2.37. The summed E-state index contributed by atoms with van der Waals surface area (Å²) in [5.74, 6) is -1.37. The van der Waals surface area contributed by atoms with Crippen molar-refractivity contribution in [2.24, 2.45) is 0 Å². The maximum atomic E-state index is 12.9. The fourth-order valence-corrected chi connectivity index (χ4v) is 5.45. The monoisotopic (exact) mass is 608 g/mol. The largest absolute Gasteiger partial charge is 0.493 e. The molecule has 0 atom stereocenters. The van der Waals surface area contributed by atoms with Gasteiger partial charge in [-0.1, -0.05) is 24.3 Å². The molecule has 1 saturated heterocycles. The van der Waals surface area contributed by atoms with E-state index in [1.54, 1.807) is 17.0 Å². The van der Waals surface area contributed by atoms with E-state index >= 15 is 0 Å². The highest BCUT2D eigenvalue weighted by atomic mass is 127. The number of nitrogens with zero attached hydrogens (tertiary/aromatic N) is 2. The van der Waals surface area contributed by atoms with Gasteiger partial charge in [-0.3, -0.25) is 19.3 Å². The third-order valence-electron chi connectivity index (χ3n) is 5.54. The van der Waals surface area contributed by atoms with Crippen molar-refractivity contribution in [3.63, 3.8) is 0 Å². The van der Waals surface area contributed by atoms with E-state index in [-0.39, 0.29) is 23.1 Å². The molecular weight excluding hydrogens is 587 g/mol. The Hall–Kier alpha value is -3.06. The number of hydrogen-bond donors (Lipinski definition) is 1. The molecule has 2 aromatic carbocycles. The van der Waals surface area contributed by atoms with E-state index in [0.717, 1.165) is 28.6 Å². The van der Waals surface area contributed by atoms with Crippen molar-refractivity contribution in [3.05, 3.63) is 61.6 Å². The van der Waals surface area contributed by atoms with Crippen molar-refractivity contribution in [1.29, 1.82) is 0 Å². The molecule has 0 spiro atoms. The minimum absolute atomic E-state index is 0.184. The van der Waals surface area contributed by atoms with Gasteiger partial charge in [0.05, 0.1) is 15.6 Å². The zero-order valence-corrected chi connectivity index (χ0v) is 21.6. The maximum absolute atomic E-state index is 12.9. The second-order valence-electron chi connectivity index (χ2n) is 7.82. The van der Waals surface area contributed by atoms with Gasteiger partial charge >= 0.3 is 5.97 Å². The number of methoxy groups -OCH3 is 1. The molecule has 3 amide bonds. The number of benzene rings is 2. The quantitative estimate of drug-likeness (QED) is 0.376. The van der Waals surface area contributed by atoms with Gasteiger partial charge in [0.1, 0.15) is 6.54 Å². The van der Waals surface area contributed by atoms with Gasteiger partial charge < -0.3 is 19.5 Å². The van der Waals surface area contributed by atoms with E-state index in [4.69, 9.17) is 14.6 Å². The lowest BCUT2D eigenvalue weighted by Gasteiger charge is -2.29. The van der Waals surface area contributed by atoms with E-state index in [0.29, 0.717) is 28.0 Å². The van der Waals surface area contributed by atoms with Gasteiger partial charge in [0.2, 0.25) is 5.91 Å². The Morgan fingerprint density at radius 2 is 1.94 bits per heavy atom. The SMILES string of the molecule is COc1cc(/C=C2\SC(=O)N(CC(=O)N3CCc4ccccc4C3)C2=O)cc(I)c1OCC(=O)O. The Labute approximate surface area is 219 Å². The van der Waals surface area contributed by atoms with Crippen molar-refractivity contribution < 1.29 is 33.8 Å². The number of carboxylic acid groups (broad SMARTS) is 1. The number of hydrogen-bond acceptors (Lipinski definition) is 7. The molecule has 11 heteroatoms. The van der Waals surface area contributed by atoms with Crippen molar-refractivity contribution in [1.82, 2.24) is 9.80 Å². The molecule has 0 aliphatic carbocycles. The smallest absolute Gasteiger partial charge is 0.341 e. The number of halogens is 1. The number of imide groups is 1. The Kier molecular flexibility index (Phi) is 7.65. The zero-order valence-electron chi connectivity index (χ0n) is 18.7. The minimum atomic E-state index is -1.12. The summed E-state index contributed by atoms with van der Waals surface area (Å²) >= 11 is 2.74. The van der Waals surface area contributed by atoms with E-state index in [9.17, 15) is 19.2 Å². The maximum Gasteiger partial charge on any atom is 0.341 e. The molecule has 0 aromatic heterocycles. The number of carbonyl (C=O) groups is 4. The van der Waals surface area contributed by atoms with Gasteiger partial charge in [0.15, 0.2) is 18.1 Å². The molecule has 2 aromatic rings. The van der Waals surface area contributed by atoms with Crippen LogP contribution in [0.1, 0.15) is 16.7 Å². The summed E-state index contributed by atoms with van der Waals surface area (Å²) in [6.45, 7) is 0.153. The van der Waals surface area contributed by atoms with Gasteiger partial charge in [-0.2, -0.15) is 0 Å². The number of carboxylic acids is 1. The first-order valence-electron chi connectivity index (χ1n) is 10.6. The number of rotatable bonds is 7. The van der Waals surface area contributed by atoms with Crippen LogP contribution in [0.2, 0.25) is 0 Å². The first-order chi connectivity index (χ1) is 16.8. The van der Waals surface area contributed by atoms with Crippen molar-refractivity contribution in [3.8, 4) is 11.5 Å². The van der Waals surface area contributed by atoms with Gasteiger partial charge in [-0.15, -0.1) is 0 Å². The van der Waals surface area contributed by atoms with Crippen molar-refractivity contribution >= 4 is 63.5 Å². The second-order valence-corrected chi connectivity index (χ2v) is 9.97. The molecule has 182 valence electrons. The molecule has 9 nitrogen and oxygen atoms in total. The van der Waals surface area contributed by atoms with E-state index < -0.39 is 23.7 Å². The number of thioether (sulfide) groups is 1. The summed E-state index contributed by atoms with van der Waals surface area (Å²) in [6, 6.07) is 11.2. The van der Waals surface area contributed by atoms with Crippen LogP contribution in [0.4, 0.5) is 4.79 Å². The predicted octanol–water partition coefficient (Wildman–Crippen LogP) is 3.38. The number of ether oxygens (including phenoxy) is 2. The van der Waals surface area contributed by atoms with Crippen LogP contribution in [-0.4, -0.2) is 64.7 Å². The van der Waals surface area contributed by atoms with E-state index in [1.807, 2.05) is 46.9 Å². The summed E-state index contributed by atoms with van der Waals surface area (Å²) in [5.41, 5.74) is 2.84. The Morgan fingerprint density at radius 3 is 2.66 bits per heavy atom. The van der Waals surface area contributed by atoms with Gasteiger partial charge in [-0.25, -0.2) is 4.79 Å². The van der Waals surface area contributed by atoms with Crippen LogP contribution in [0.5, 0.6) is 11.5 Å². The average molecular weight is 608 g/mol. The van der Waals surface area contributed by atoms with Gasteiger partial charge in [-0.05, 0) is 75.7 Å².